The summed E-state index contributed by atoms with van der Waals surface area (Å²) in [5.41, 5.74) is 0.767. The molecular weight excluding hydrogens is 446 g/mol. The van der Waals surface area contributed by atoms with E-state index in [0.29, 0.717) is 22.1 Å². The number of hydrogen-bond donors (Lipinski definition) is 3. The number of halogens is 1. The van der Waals surface area contributed by atoms with Crippen LogP contribution in [0.5, 0.6) is 0 Å². The van der Waals surface area contributed by atoms with Crippen LogP contribution in [-0.4, -0.2) is 39.9 Å². The molecule has 3 rings (SSSR count). The molecule has 1 unspecified atom stereocenters. The molecule has 9 nitrogen and oxygen atoms in total. The van der Waals surface area contributed by atoms with E-state index in [9.17, 15) is 19.2 Å². The van der Waals surface area contributed by atoms with E-state index in [0.717, 1.165) is 0 Å². The smallest absolute Gasteiger partial charge is 0.255 e. The average molecular weight is 468 g/mol. The zero-order valence-electron chi connectivity index (χ0n) is 17.7. The Morgan fingerprint density at radius 2 is 1.82 bits per heavy atom. The van der Waals surface area contributed by atoms with Crippen molar-refractivity contribution in [1.29, 1.82) is 0 Å². The first-order valence-electron chi connectivity index (χ1n) is 10.1. The number of hydrogen-bond acceptors (Lipinski definition) is 5. The van der Waals surface area contributed by atoms with E-state index in [4.69, 9.17) is 11.6 Å². The van der Waals surface area contributed by atoms with Crippen molar-refractivity contribution in [3.63, 3.8) is 0 Å². The Labute approximate surface area is 194 Å². The molecule has 0 fully saturated rings. The van der Waals surface area contributed by atoms with Gasteiger partial charge in [-0.2, -0.15) is 0 Å². The molecule has 2 aromatic heterocycles. The van der Waals surface area contributed by atoms with Gasteiger partial charge in [0, 0.05) is 49.6 Å². The van der Waals surface area contributed by atoms with Crippen LogP contribution in [0.2, 0.25) is 5.02 Å². The van der Waals surface area contributed by atoms with Crippen LogP contribution < -0.4 is 21.5 Å². The molecule has 3 amide bonds. The average Bonchev–Trinajstić information content (AvgIpc) is 2.79. The number of aromatic nitrogens is 2. The summed E-state index contributed by atoms with van der Waals surface area (Å²) in [6, 6.07) is 13.8. The summed E-state index contributed by atoms with van der Waals surface area (Å²) in [6.07, 6.45) is 2.95. The van der Waals surface area contributed by atoms with Gasteiger partial charge in [-0.25, -0.2) is 4.98 Å². The number of rotatable bonds is 8. The molecule has 1 atom stereocenters. The molecule has 0 aliphatic carbocycles. The Balaban J connectivity index is 1.67. The van der Waals surface area contributed by atoms with Crippen LogP contribution in [-0.2, 0) is 9.59 Å². The highest BCUT2D eigenvalue weighted by Crippen LogP contribution is 2.11. The van der Waals surface area contributed by atoms with Gasteiger partial charge in [0.2, 0.25) is 11.8 Å². The topological polar surface area (TPSA) is 122 Å². The number of nitrogens with one attached hydrogen (secondary N) is 3. The van der Waals surface area contributed by atoms with Gasteiger partial charge in [0.15, 0.2) is 0 Å². The molecule has 0 aliphatic heterocycles. The molecule has 3 N–H and O–H groups in total. The fourth-order valence-corrected chi connectivity index (χ4v) is 3.10. The lowest BCUT2D eigenvalue weighted by Crippen LogP contribution is -2.45. The first kappa shape index (κ1) is 23.7. The second kappa shape index (κ2) is 11.1. The molecule has 0 saturated carbocycles. The highest BCUT2D eigenvalue weighted by molar-refractivity contribution is 6.30. The lowest BCUT2D eigenvalue weighted by molar-refractivity contribution is -0.120. The summed E-state index contributed by atoms with van der Waals surface area (Å²) in [6.45, 7) is 1.42. The van der Waals surface area contributed by atoms with E-state index in [-0.39, 0.29) is 30.3 Å². The fraction of sp³-hybridized carbons (Fsp3) is 0.174. The van der Waals surface area contributed by atoms with Crippen molar-refractivity contribution >= 4 is 35.1 Å². The van der Waals surface area contributed by atoms with Gasteiger partial charge in [-0.15, -0.1) is 0 Å². The Bertz CT molecular complexity index is 1190. The van der Waals surface area contributed by atoms with Crippen molar-refractivity contribution in [3.8, 4) is 5.69 Å². The van der Waals surface area contributed by atoms with Crippen molar-refractivity contribution < 1.29 is 14.4 Å². The molecule has 0 radical (unpaired) electrons. The van der Waals surface area contributed by atoms with E-state index in [1.165, 1.54) is 23.8 Å². The zero-order chi connectivity index (χ0) is 23.8. The van der Waals surface area contributed by atoms with Gasteiger partial charge in [-0.1, -0.05) is 17.7 Å². The summed E-state index contributed by atoms with van der Waals surface area (Å²) >= 11 is 5.79. The van der Waals surface area contributed by atoms with Crippen LogP contribution in [0.15, 0.2) is 71.8 Å². The van der Waals surface area contributed by atoms with Crippen molar-refractivity contribution in [3.05, 3.63) is 87.9 Å². The molecule has 0 bridgehead atoms. The van der Waals surface area contributed by atoms with Gasteiger partial charge < -0.3 is 16.0 Å². The second-order valence-electron chi connectivity index (χ2n) is 7.18. The number of carbonyl (C=O) groups is 3. The standard InChI is InChI=1S/C23H22ClN5O4/c1-15(30)25-14-18(12-21(31)28-20-10-7-17(24)13-26-20)27-23(33)16-5-8-19(9-6-16)29-11-3-2-4-22(29)32/h2-11,13,18H,12,14H2,1H3,(H,25,30)(H,27,33)(H,26,28,31). The molecule has 1 aromatic carbocycles. The highest BCUT2D eigenvalue weighted by atomic mass is 35.5. The summed E-state index contributed by atoms with van der Waals surface area (Å²) < 4.78 is 1.45. The van der Waals surface area contributed by atoms with Crippen LogP contribution in [0.3, 0.4) is 0 Å². The number of anilines is 1. The van der Waals surface area contributed by atoms with E-state index in [1.54, 1.807) is 54.7 Å². The molecule has 0 saturated heterocycles. The molecule has 33 heavy (non-hydrogen) atoms. The maximum Gasteiger partial charge on any atom is 0.255 e. The molecule has 0 spiro atoms. The third-order valence-electron chi connectivity index (χ3n) is 4.59. The normalized spacial score (nSPS) is 11.3. The quantitative estimate of drug-likeness (QED) is 0.468. The second-order valence-corrected chi connectivity index (χ2v) is 7.61. The van der Waals surface area contributed by atoms with Gasteiger partial charge in [0.1, 0.15) is 5.82 Å². The minimum Gasteiger partial charge on any atom is -0.354 e. The minimum atomic E-state index is -0.662. The maximum atomic E-state index is 12.7. The first-order valence-corrected chi connectivity index (χ1v) is 10.4. The van der Waals surface area contributed by atoms with Crippen LogP contribution in [0.4, 0.5) is 5.82 Å². The van der Waals surface area contributed by atoms with Gasteiger partial charge in [0.25, 0.3) is 11.5 Å². The summed E-state index contributed by atoms with van der Waals surface area (Å²) in [5, 5.41) is 8.43. The van der Waals surface area contributed by atoms with Crippen LogP contribution in [0.25, 0.3) is 5.69 Å². The Morgan fingerprint density at radius 3 is 2.45 bits per heavy atom. The van der Waals surface area contributed by atoms with Crippen LogP contribution >= 0.6 is 11.6 Å². The summed E-state index contributed by atoms with van der Waals surface area (Å²) in [7, 11) is 0. The molecule has 2 heterocycles. The number of carbonyl (C=O) groups excluding carboxylic acids is 3. The largest absolute Gasteiger partial charge is 0.354 e. The van der Waals surface area contributed by atoms with Gasteiger partial charge in [-0.3, -0.25) is 23.7 Å². The van der Waals surface area contributed by atoms with E-state index in [1.807, 2.05) is 0 Å². The molecule has 10 heteroatoms. The van der Waals surface area contributed by atoms with Crippen molar-refractivity contribution in [2.75, 3.05) is 11.9 Å². The summed E-state index contributed by atoms with van der Waals surface area (Å²) in [5.74, 6) is -0.776. The third-order valence-corrected chi connectivity index (χ3v) is 4.81. The number of pyridine rings is 2. The lowest BCUT2D eigenvalue weighted by Gasteiger charge is -2.19. The van der Waals surface area contributed by atoms with Gasteiger partial charge in [-0.05, 0) is 42.5 Å². The molecule has 3 aromatic rings. The van der Waals surface area contributed by atoms with E-state index < -0.39 is 11.9 Å². The predicted octanol–water partition coefficient (Wildman–Crippen LogP) is 2.15. The molecule has 170 valence electrons. The SMILES string of the molecule is CC(=O)NCC(CC(=O)Nc1ccc(Cl)cn1)NC(=O)c1ccc(-n2ccccc2=O)cc1. The van der Waals surface area contributed by atoms with Gasteiger partial charge in [0.05, 0.1) is 11.1 Å². The highest BCUT2D eigenvalue weighted by Gasteiger charge is 2.18. The third kappa shape index (κ3) is 7.01. The van der Waals surface area contributed by atoms with E-state index >= 15 is 0 Å². The zero-order valence-corrected chi connectivity index (χ0v) is 18.5. The Hall–Kier alpha value is -3.98. The van der Waals surface area contributed by atoms with Crippen molar-refractivity contribution in [1.82, 2.24) is 20.2 Å². The lowest BCUT2D eigenvalue weighted by atomic mass is 10.1. The number of nitrogens with zero attached hydrogens (tertiary/aromatic N) is 2. The van der Waals surface area contributed by atoms with E-state index in [2.05, 4.69) is 20.9 Å². The number of benzene rings is 1. The summed E-state index contributed by atoms with van der Waals surface area (Å²) in [4.78, 5) is 52.5. The van der Waals surface area contributed by atoms with Crippen molar-refractivity contribution in [2.24, 2.45) is 0 Å². The van der Waals surface area contributed by atoms with Crippen molar-refractivity contribution in [2.45, 2.75) is 19.4 Å². The van der Waals surface area contributed by atoms with Crippen LogP contribution in [0, 0.1) is 0 Å². The number of amides is 3. The first-order chi connectivity index (χ1) is 15.8. The van der Waals surface area contributed by atoms with Gasteiger partial charge >= 0.3 is 0 Å². The minimum absolute atomic E-state index is 0.0695. The molecular formula is C23H22ClN5O4. The Morgan fingerprint density at radius 1 is 1.06 bits per heavy atom. The predicted molar refractivity (Wildman–Crippen MR) is 124 cm³/mol. The Kier molecular flexibility index (Phi) is 7.93. The monoisotopic (exact) mass is 467 g/mol. The molecule has 0 aliphatic rings. The maximum absolute atomic E-state index is 12.7. The van der Waals surface area contributed by atoms with Crippen LogP contribution in [0.1, 0.15) is 23.7 Å². The fourth-order valence-electron chi connectivity index (χ4n) is 2.99.